The Hall–Kier alpha value is -2.78. The molecule has 0 bridgehead atoms. The summed E-state index contributed by atoms with van der Waals surface area (Å²) in [5.74, 6) is -0.287. The van der Waals surface area contributed by atoms with Crippen molar-refractivity contribution in [2.75, 3.05) is 7.05 Å². The number of carbonyl (C=O) groups excluding carboxylic acids is 1. The minimum Gasteiger partial charge on any atom is -0.348 e. The van der Waals surface area contributed by atoms with E-state index in [-0.39, 0.29) is 17.3 Å². The Morgan fingerprint density at radius 2 is 2.04 bits per heavy atom. The van der Waals surface area contributed by atoms with Crippen LogP contribution in [0.2, 0.25) is 0 Å². The van der Waals surface area contributed by atoms with E-state index < -0.39 is 10.0 Å². The average Bonchev–Trinajstić information content (AvgIpc) is 2.93. The molecule has 8 nitrogen and oxygen atoms in total. The summed E-state index contributed by atoms with van der Waals surface area (Å²) in [6.07, 6.45) is 1.50. The highest BCUT2D eigenvalue weighted by atomic mass is 32.2. The van der Waals surface area contributed by atoms with Gasteiger partial charge in [0, 0.05) is 25.2 Å². The molecule has 0 atom stereocenters. The molecule has 9 heteroatoms. The third-order valence-corrected chi connectivity index (χ3v) is 5.47. The number of hydrogen-bond acceptors (Lipinski definition) is 5. The zero-order valence-electron chi connectivity index (χ0n) is 14.6. The summed E-state index contributed by atoms with van der Waals surface area (Å²) in [5.41, 5.74) is 2.62. The van der Waals surface area contributed by atoms with E-state index >= 15 is 0 Å². The minimum absolute atomic E-state index is 0.154. The van der Waals surface area contributed by atoms with Crippen LogP contribution in [-0.2, 0) is 23.6 Å². The van der Waals surface area contributed by atoms with E-state index in [1.165, 1.54) is 25.4 Å². The van der Waals surface area contributed by atoms with Gasteiger partial charge in [0.1, 0.15) is 0 Å². The van der Waals surface area contributed by atoms with Gasteiger partial charge in [-0.15, -0.1) is 0 Å². The number of fused-ring (bicyclic) bond motifs is 1. The van der Waals surface area contributed by atoms with Crippen molar-refractivity contribution in [3.63, 3.8) is 0 Å². The molecule has 136 valence electrons. The lowest BCUT2D eigenvalue weighted by Crippen LogP contribution is -2.23. The van der Waals surface area contributed by atoms with Gasteiger partial charge in [-0.1, -0.05) is 12.1 Å². The summed E-state index contributed by atoms with van der Waals surface area (Å²) in [5, 5.41) is 7.89. The van der Waals surface area contributed by atoms with Gasteiger partial charge in [0.15, 0.2) is 5.65 Å². The van der Waals surface area contributed by atoms with Gasteiger partial charge in [-0.2, -0.15) is 5.10 Å². The van der Waals surface area contributed by atoms with Crippen molar-refractivity contribution in [1.82, 2.24) is 24.8 Å². The van der Waals surface area contributed by atoms with E-state index in [0.29, 0.717) is 16.8 Å². The fraction of sp³-hybridized carbons (Fsp3) is 0.235. The molecule has 2 heterocycles. The highest BCUT2D eigenvalue weighted by Crippen LogP contribution is 2.17. The fourth-order valence-electron chi connectivity index (χ4n) is 2.66. The largest absolute Gasteiger partial charge is 0.348 e. The van der Waals surface area contributed by atoms with E-state index in [1.54, 1.807) is 29.9 Å². The van der Waals surface area contributed by atoms with Gasteiger partial charge in [-0.25, -0.2) is 18.1 Å². The number of hydrogen-bond donors (Lipinski definition) is 2. The Kier molecular flexibility index (Phi) is 4.75. The number of carbonyl (C=O) groups is 1. The number of nitrogens with one attached hydrogen (secondary N) is 2. The van der Waals surface area contributed by atoms with Gasteiger partial charge in [0.25, 0.3) is 5.91 Å². The maximum atomic E-state index is 12.4. The third kappa shape index (κ3) is 3.44. The number of aryl methyl sites for hydroxylation is 2. The number of pyridine rings is 1. The first-order valence-electron chi connectivity index (χ1n) is 7.92. The molecule has 0 aliphatic carbocycles. The van der Waals surface area contributed by atoms with Crippen LogP contribution in [0.1, 0.15) is 21.6 Å². The molecule has 2 N–H and O–H groups in total. The van der Waals surface area contributed by atoms with Crippen molar-refractivity contribution in [3.8, 4) is 0 Å². The van der Waals surface area contributed by atoms with Gasteiger partial charge in [0.2, 0.25) is 10.0 Å². The molecule has 2 aromatic heterocycles. The number of benzene rings is 1. The standard InChI is InChI=1S/C17H19N5O3S/c1-11-15-8-13(10-19-16(15)22(3)21-11)17(23)20-9-12-5-4-6-14(7-12)26(24,25)18-2/h4-8,10,18H,9H2,1-3H3,(H,20,23). The first-order valence-corrected chi connectivity index (χ1v) is 9.40. The Balaban J connectivity index is 1.77. The molecule has 0 spiro atoms. The number of aromatic nitrogens is 3. The number of nitrogens with zero attached hydrogens (tertiary/aromatic N) is 3. The van der Waals surface area contributed by atoms with Crippen molar-refractivity contribution in [1.29, 1.82) is 0 Å². The molecular weight excluding hydrogens is 354 g/mol. The molecule has 3 aromatic rings. The second-order valence-corrected chi connectivity index (χ2v) is 7.73. The maximum Gasteiger partial charge on any atom is 0.253 e. The summed E-state index contributed by atoms with van der Waals surface area (Å²) < 4.78 is 27.6. The van der Waals surface area contributed by atoms with Gasteiger partial charge in [-0.3, -0.25) is 9.48 Å². The van der Waals surface area contributed by atoms with Crippen LogP contribution < -0.4 is 10.0 Å². The molecule has 1 amide bonds. The first-order chi connectivity index (χ1) is 12.3. The smallest absolute Gasteiger partial charge is 0.253 e. The zero-order chi connectivity index (χ0) is 18.9. The van der Waals surface area contributed by atoms with Crippen LogP contribution in [0.4, 0.5) is 0 Å². The van der Waals surface area contributed by atoms with Crippen LogP contribution in [0.5, 0.6) is 0 Å². The van der Waals surface area contributed by atoms with Crippen molar-refractivity contribution < 1.29 is 13.2 Å². The summed E-state index contributed by atoms with van der Waals surface area (Å²) in [4.78, 5) is 16.8. The van der Waals surface area contributed by atoms with E-state index in [9.17, 15) is 13.2 Å². The topological polar surface area (TPSA) is 106 Å². The summed E-state index contributed by atoms with van der Waals surface area (Å²) in [6.45, 7) is 2.06. The first kappa shape index (κ1) is 18.0. The minimum atomic E-state index is -3.52. The molecule has 0 aliphatic rings. The fourth-order valence-corrected chi connectivity index (χ4v) is 3.46. The van der Waals surface area contributed by atoms with E-state index in [4.69, 9.17) is 0 Å². The lowest BCUT2D eigenvalue weighted by atomic mass is 10.2. The summed E-state index contributed by atoms with van der Waals surface area (Å²) >= 11 is 0. The van der Waals surface area contributed by atoms with Gasteiger partial charge < -0.3 is 5.32 Å². The zero-order valence-corrected chi connectivity index (χ0v) is 15.5. The van der Waals surface area contributed by atoms with Crippen LogP contribution >= 0.6 is 0 Å². The van der Waals surface area contributed by atoms with Gasteiger partial charge in [0.05, 0.1) is 16.2 Å². The van der Waals surface area contributed by atoms with Crippen LogP contribution in [0.3, 0.4) is 0 Å². The molecule has 26 heavy (non-hydrogen) atoms. The van der Waals surface area contributed by atoms with Crippen molar-refractivity contribution in [2.45, 2.75) is 18.4 Å². The molecule has 0 unspecified atom stereocenters. The maximum absolute atomic E-state index is 12.4. The Morgan fingerprint density at radius 3 is 2.77 bits per heavy atom. The SMILES string of the molecule is CNS(=O)(=O)c1cccc(CNC(=O)c2cnc3c(c2)c(C)nn3C)c1. The van der Waals surface area contributed by atoms with Crippen molar-refractivity contribution in [3.05, 3.63) is 53.3 Å². The molecule has 0 aliphatic heterocycles. The highest BCUT2D eigenvalue weighted by Gasteiger charge is 2.13. The van der Waals surface area contributed by atoms with Crippen LogP contribution in [0, 0.1) is 6.92 Å². The van der Waals surface area contributed by atoms with Crippen LogP contribution in [0.25, 0.3) is 11.0 Å². The highest BCUT2D eigenvalue weighted by molar-refractivity contribution is 7.89. The second kappa shape index (κ2) is 6.85. The lowest BCUT2D eigenvalue weighted by molar-refractivity contribution is 0.0950. The van der Waals surface area contributed by atoms with E-state index in [1.807, 2.05) is 6.92 Å². The normalized spacial score (nSPS) is 11.7. The quantitative estimate of drug-likeness (QED) is 0.697. The van der Waals surface area contributed by atoms with Crippen molar-refractivity contribution >= 4 is 27.0 Å². The third-order valence-electron chi connectivity index (χ3n) is 4.06. The van der Waals surface area contributed by atoms with Crippen LogP contribution in [0.15, 0.2) is 41.4 Å². The monoisotopic (exact) mass is 373 g/mol. The van der Waals surface area contributed by atoms with E-state index in [0.717, 1.165) is 11.1 Å². The second-order valence-electron chi connectivity index (χ2n) is 5.84. The number of rotatable bonds is 5. The number of sulfonamides is 1. The van der Waals surface area contributed by atoms with Gasteiger partial charge >= 0.3 is 0 Å². The molecule has 0 fully saturated rings. The Morgan fingerprint density at radius 1 is 1.27 bits per heavy atom. The molecule has 0 saturated heterocycles. The molecular formula is C17H19N5O3S. The van der Waals surface area contributed by atoms with Crippen LogP contribution in [-0.4, -0.2) is 36.1 Å². The lowest BCUT2D eigenvalue weighted by Gasteiger charge is -2.08. The Labute approximate surface area is 151 Å². The molecule has 0 saturated carbocycles. The number of amides is 1. The summed E-state index contributed by atoms with van der Waals surface area (Å²) in [6, 6.07) is 8.17. The molecule has 1 aromatic carbocycles. The Bertz CT molecular complexity index is 1090. The van der Waals surface area contributed by atoms with Gasteiger partial charge in [-0.05, 0) is 37.7 Å². The molecule has 0 radical (unpaired) electrons. The predicted molar refractivity (Wildman–Crippen MR) is 97.1 cm³/mol. The summed E-state index contributed by atoms with van der Waals surface area (Å²) in [7, 11) is -0.366. The average molecular weight is 373 g/mol. The predicted octanol–water partition coefficient (Wildman–Crippen LogP) is 1.11. The molecule has 3 rings (SSSR count). The van der Waals surface area contributed by atoms with E-state index in [2.05, 4.69) is 20.1 Å². The van der Waals surface area contributed by atoms with Crippen molar-refractivity contribution in [2.24, 2.45) is 7.05 Å².